The predicted molar refractivity (Wildman–Crippen MR) is 140 cm³/mol. The maximum atomic E-state index is 13.0. The molecule has 3 aromatic carbocycles. The highest BCUT2D eigenvalue weighted by Crippen LogP contribution is 2.29. The van der Waals surface area contributed by atoms with Crippen molar-refractivity contribution in [3.63, 3.8) is 0 Å². The Morgan fingerprint density at radius 3 is 2.14 bits per heavy atom. The van der Waals surface area contributed by atoms with Crippen LogP contribution in [0.3, 0.4) is 0 Å². The zero-order valence-corrected chi connectivity index (χ0v) is 20.4. The van der Waals surface area contributed by atoms with Crippen LogP contribution in [0.5, 0.6) is 0 Å². The summed E-state index contributed by atoms with van der Waals surface area (Å²) in [4.78, 5) is 41.9. The molecule has 3 aromatic rings. The van der Waals surface area contributed by atoms with Crippen molar-refractivity contribution in [2.75, 3.05) is 25.0 Å². The van der Waals surface area contributed by atoms with Gasteiger partial charge in [0, 0.05) is 46.4 Å². The molecule has 0 saturated carbocycles. The summed E-state index contributed by atoms with van der Waals surface area (Å²) in [7, 11) is 0. The molecule has 0 unspecified atom stereocenters. The van der Waals surface area contributed by atoms with Gasteiger partial charge in [-0.15, -0.1) is 0 Å². The lowest BCUT2D eigenvalue weighted by atomic mass is 9.94. The standard InChI is InChI=1S/C26H23ClN4O3S/c27-17-7-9-18(10-8-17)29-26(35)30-13-11-19(12-14-30)28-22(32)15-31-24(33)20-5-1-3-16-4-2-6-21(23(16)20)25(31)34/h1-10,19H,11-15H2,(H,28,32)(H,29,35). The number of rotatable bonds is 4. The Labute approximate surface area is 213 Å². The molecular weight excluding hydrogens is 484 g/mol. The minimum atomic E-state index is -0.442. The minimum absolute atomic E-state index is 0.0530. The quantitative estimate of drug-likeness (QED) is 0.410. The lowest BCUT2D eigenvalue weighted by Gasteiger charge is -2.34. The van der Waals surface area contributed by atoms with Crippen LogP contribution in [0.1, 0.15) is 33.6 Å². The van der Waals surface area contributed by atoms with Crippen molar-refractivity contribution in [1.29, 1.82) is 0 Å². The first kappa shape index (κ1) is 23.3. The van der Waals surface area contributed by atoms with Crippen molar-refractivity contribution >= 4 is 63.1 Å². The lowest BCUT2D eigenvalue weighted by molar-refractivity contribution is -0.122. The van der Waals surface area contributed by atoms with Crippen LogP contribution >= 0.6 is 23.8 Å². The molecule has 2 heterocycles. The van der Waals surface area contributed by atoms with Gasteiger partial charge in [0.25, 0.3) is 11.8 Å². The van der Waals surface area contributed by atoms with Gasteiger partial charge in [0.2, 0.25) is 5.91 Å². The van der Waals surface area contributed by atoms with E-state index in [1.165, 1.54) is 0 Å². The molecule has 2 aliphatic heterocycles. The zero-order chi connectivity index (χ0) is 24.5. The first-order chi connectivity index (χ1) is 16.9. The van der Waals surface area contributed by atoms with E-state index < -0.39 is 11.8 Å². The molecule has 0 aliphatic carbocycles. The number of hydrogen-bond donors (Lipinski definition) is 2. The van der Waals surface area contributed by atoms with E-state index in [4.69, 9.17) is 23.8 Å². The van der Waals surface area contributed by atoms with Crippen molar-refractivity contribution in [2.24, 2.45) is 0 Å². The number of halogens is 1. The average molecular weight is 507 g/mol. The normalized spacial score (nSPS) is 15.9. The summed E-state index contributed by atoms with van der Waals surface area (Å²) in [6.07, 6.45) is 1.41. The number of amides is 3. The third-order valence-corrected chi connectivity index (χ3v) is 7.01. The van der Waals surface area contributed by atoms with Gasteiger partial charge in [0.1, 0.15) is 6.54 Å². The van der Waals surface area contributed by atoms with Gasteiger partial charge in [-0.1, -0.05) is 35.9 Å². The van der Waals surface area contributed by atoms with Crippen molar-refractivity contribution in [3.05, 3.63) is 76.8 Å². The fourth-order valence-corrected chi connectivity index (χ4v) is 5.03. The second kappa shape index (κ2) is 9.64. The lowest BCUT2D eigenvalue weighted by Crippen LogP contribution is -2.51. The second-order valence-corrected chi connectivity index (χ2v) is 9.49. The number of likely N-dealkylation sites (tertiary alicyclic amines) is 1. The smallest absolute Gasteiger partial charge is 0.261 e. The molecule has 9 heteroatoms. The Hall–Kier alpha value is -3.49. The number of carbonyl (C=O) groups is 3. The number of imide groups is 1. The zero-order valence-electron chi connectivity index (χ0n) is 18.8. The van der Waals surface area contributed by atoms with E-state index in [2.05, 4.69) is 15.5 Å². The van der Waals surface area contributed by atoms with E-state index in [0.29, 0.717) is 52.6 Å². The summed E-state index contributed by atoms with van der Waals surface area (Å²) in [6.45, 7) is 1.06. The molecule has 0 atom stereocenters. The van der Waals surface area contributed by atoms with Crippen LogP contribution in [0.2, 0.25) is 5.02 Å². The van der Waals surface area contributed by atoms with Gasteiger partial charge in [0.05, 0.1) is 0 Å². The number of nitrogens with one attached hydrogen (secondary N) is 2. The number of thiocarbonyl (C=S) groups is 1. The van der Waals surface area contributed by atoms with E-state index in [1.54, 1.807) is 36.4 Å². The number of piperidine rings is 1. The molecule has 1 saturated heterocycles. The molecule has 0 aromatic heterocycles. The Morgan fingerprint density at radius 2 is 1.54 bits per heavy atom. The summed E-state index contributed by atoms with van der Waals surface area (Å²) in [6, 6.07) is 18.0. The fraction of sp³-hybridized carbons (Fsp3) is 0.231. The molecule has 1 fully saturated rings. The summed E-state index contributed by atoms with van der Waals surface area (Å²) < 4.78 is 0. The van der Waals surface area contributed by atoms with Crippen LogP contribution in [0, 0.1) is 0 Å². The van der Waals surface area contributed by atoms with E-state index in [1.807, 2.05) is 24.3 Å². The van der Waals surface area contributed by atoms with Gasteiger partial charge in [-0.2, -0.15) is 0 Å². The maximum Gasteiger partial charge on any atom is 0.261 e. The first-order valence-corrected chi connectivity index (χ1v) is 12.2. The largest absolute Gasteiger partial charge is 0.352 e. The van der Waals surface area contributed by atoms with Crippen LogP contribution < -0.4 is 10.6 Å². The summed E-state index contributed by atoms with van der Waals surface area (Å²) >= 11 is 11.4. The molecule has 0 bridgehead atoms. The highest BCUT2D eigenvalue weighted by molar-refractivity contribution is 7.80. The van der Waals surface area contributed by atoms with Crippen molar-refractivity contribution in [1.82, 2.24) is 15.1 Å². The van der Waals surface area contributed by atoms with Crippen LogP contribution in [-0.4, -0.2) is 58.3 Å². The van der Waals surface area contributed by atoms with Gasteiger partial charge in [0.15, 0.2) is 5.11 Å². The fourth-order valence-electron chi connectivity index (χ4n) is 4.60. The molecule has 3 amide bonds. The molecule has 0 spiro atoms. The van der Waals surface area contributed by atoms with Crippen LogP contribution in [0.4, 0.5) is 5.69 Å². The summed E-state index contributed by atoms with van der Waals surface area (Å²) in [5.74, 6) is -1.23. The second-order valence-electron chi connectivity index (χ2n) is 8.67. The molecule has 2 aliphatic rings. The number of hydrogen-bond acceptors (Lipinski definition) is 4. The van der Waals surface area contributed by atoms with E-state index in [9.17, 15) is 14.4 Å². The maximum absolute atomic E-state index is 13.0. The van der Waals surface area contributed by atoms with Gasteiger partial charge in [-0.25, -0.2) is 0 Å². The van der Waals surface area contributed by atoms with Crippen molar-refractivity contribution in [2.45, 2.75) is 18.9 Å². The number of anilines is 1. The predicted octanol–water partition coefficient (Wildman–Crippen LogP) is 4.07. The molecule has 35 heavy (non-hydrogen) atoms. The van der Waals surface area contributed by atoms with Crippen molar-refractivity contribution in [3.8, 4) is 0 Å². The van der Waals surface area contributed by atoms with Gasteiger partial charge in [-0.3, -0.25) is 19.3 Å². The molecule has 7 nitrogen and oxygen atoms in total. The minimum Gasteiger partial charge on any atom is -0.352 e. The van der Waals surface area contributed by atoms with Gasteiger partial charge in [-0.05, 0) is 66.8 Å². The molecule has 2 N–H and O–H groups in total. The van der Waals surface area contributed by atoms with Crippen LogP contribution in [-0.2, 0) is 4.79 Å². The van der Waals surface area contributed by atoms with Crippen LogP contribution in [0.15, 0.2) is 60.7 Å². The molecule has 0 radical (unpaired) electrons. The molecular formula is C26H23ClN4O3S. The summed E-state index contributed by atoms with van der Waals surface area (Å²) in [5.41, 5.74) is 1.75. The van der Waals surface area contributed by atoms with E-state index in [0.717, 1.165) is 16.0 Å². The van der Waals surface area contributed by atoms with E-state index in [-0.39, 0.29) is 18.5 Å². The third kappa shape index (κ3) is 4.72. The van der Waals surface area contributed by atoms with Crippen LogP contribution in [0.25, 0.3) is 10.8 Å². The Balaban J connectivity index is 1.16. The van der Waals surface area contributed by atoms with Gasteiger partial charge < -0.3 is 15.5 Å². The first-order valence-electron chi connectivity index (χ1n) is 11.4. The number of nitrogens with zero attached hydrogens (tertiary/aromatic N) is 2. The highest BCUT2D eigenvalue weighted by Gasteiger charge is 2.34. The SMILES string of the molecule is O=C(CN1C(=O)c2cccc3cccc(c23)C1=O)NC1CCN(C(=S)Nc2ccc(Cl)cc2)CC1. The Bertz CT molecular complexity index is 1290. The topological polar surface area (TPSA) is 81.8 Å². The highest BCUT2D eigenvalue weighted by atomic mass is 35.5. The Morgan fingerprint density at radius 1 is 0.943 bits per heavy atom. The summed E-state index contributed by atoms with van der Waals surface area (Å²) in [5, 5.41) is 8.95. The Kier molecular flexibility index (Phi) is 6.40. The average Bonchev–Trinajstić information content (AvgIpc) is 2.87. The molecule has 178 valence electrons. The number of carbonyl (C=O) groups excluding carboxylic acids is 3. The molecule has 5 rings (SSSR count). The monoisotopic (exact) mass is 506 g/mol. The third-order valence-electron chi connectivity index (χ3n) is 6.40. The van der Waals surface area contributed by atoms with Crippen molar-refractivity contribution < 1.29 is 14.4 Å². The van der Waals surface area contributed by atoms with E-state index >= 15 is 0 Å². The number of benzene rings is 3. The van der Waals surface area contributed by atoms with Gasteiger partial charge >= 0.3 is 0 Å².